The minimum Gasteiger partial charge on any atom is -0.490 e. The van der Waals surface area contributed by atoms with E-state index in [-0.39, 0.29) is 28.9 Å². The monoisotopic (exact) mass is 632 g/mol. The number of carboxylic acid groups (broad SMARTS) is 1. The Morgan fingerprint density at radius 3 is 2.81 bits per heavy atom. The fourth-order valence-corrected chi connectivity index (χ4v) is 8.68. The molecule has 2 aliphatic carbocycles. The quantitative estimate of drug-likeness (QED) is 0.426. The van der Waals surface area contributed by atoms with Gasteiger partial charge in [-0.2, -0.15) is 0 Å². The van der Waals surface area contributed by atoms with Crippen molar-refractivity contribution < 1.29 is 32.5 Å². The van der Waals surface area contributed by atoms with Crippen LogP contribution in [0.25, 0.3) is 0 Å². The molecular weight excluding hydrogens is 592 g/mol. The molecule has 0 aromatic heterocycles. The zero-order valence-electron chi connectivity index (χ0n) is 24.5. The number of rotatable bonds is 8. The van der Waals surface area contributed by atoms with E-state index < -0.39 is 22.1 Å². The van der Waals surface area contributed by atoms with Gasteiger partial charge in [0.25, 0.3) is 0 Å². The van der Waals surface area contributed by atoms with E-state index in [1.54, 1.807) is 25.1 Å². The van der Waals surface area contributed by atoms with E-state index in [0.29, 0.717) is 30.8 Å². The van der Waals surface area contributed by atoms with Gasteiger partial charge in [0.2, 0.25) is 10.0 Å². The van der Waals surface area contributed by atoms with Crippen molar-refractivity contribution in [2.24, 2.45) is 17.0 Å². The van der Waals surface area contributed by atoms with Gasteiger partial charge in [-0.25, -0.2) is 18.4 Å². The van der Waals surface area contributed by atoms with Gasteiger partial charge in [-0.3, -0.25) is 0 Å². The van der Waals surface area contributed by atoms with Crippen molar-refractivity contribution >= 4 is 33.3 Å². The lowest BCUT2D eigenvalue weighted by molar-refractivity contribution is -0.126. The second-order valence-electron chi connectivity index (χ2n) is 12.9. The molecule has 234 valence electrons. The van der Waals surface area contributed by atoms with Crippen LogP contribution in [0.4, 0.5) is 5.69 Å². The minimum atomic E-state index is -3.61. The first-order valence-corrected chi connectivity index (χ1v) is 17.4. The first kappa shape index (κ1) is 30.6. The molecule has 0 bridgehead atoms. The molecule has 0 amide bonds. The number of primary sulfonamides is 1. The summed E-state index contributed by atoms with van der Waals surface area (Å²) in [5, 5.41) is 15.8. The number of benzene rings is 2. The predicted molar refractivity (Wildman–Crippen MR) is 165 cm³/mol. The molecule has 43 heavy (non-hydrogen) atoms. The molecule has 6 atom stereocenters. The summed E-state index contributed by atoms with van der Waals surface area (Å²) in [4.78, 5) is 14.3. The second kappa shape index (κ2) is 12.2. The van der Waals surface area contributed by atoms with E-state index in [2.05, 4.69) is 17.0 Å². The molecule has 6 rings (SSSR count). The highest BCUT2D eigenvalue weighted by Gasteiger charge is 2.45. The maximum absolute atomic E-state index is 12.0. The van der Waals surface area contributed by atoms with E-state index in [9.17, 15) is 18.3 Å². The van der Waals surface area contributed by atoms with Crippen LogP contribution in [-0.4, -0.2) is 69.9 Å². The van der Waals surface area contributed by atoms with E-state index >= 15 is 0 Å². The fourth-order valence-electron chi connectivity index (χ4n) is 7.75. The van der Waals surface area contributed by atoms with E-state index in [4.69, 9.17) is 31.0 Å². The van der Waals surface area contributed by atoms with Crippen molar-refractivity contribution in [1.82, 2.24) is 0 Å². The number of aromatic carboxylic acids is 1. The lowest BCUT2D eigenvalue weighted by Crippen LogP contribution is -2.51. The summed E-state index contributed by atoms with van der Waals surface area (Å²) < 4.78 is 41.9. The Morgan fingerprint density at radius 1 is 1.23 bits per heavy atom. The highest BCUT2D eigenvalue weighted by Crippen LogP contribution is 2.47. The molecule has 1 saturated carbocycles. The van der Waals surface area contributed by atoms with Crippen LogP contribution in [0.15, 0.2) is 36.4 Å². The number of halogens is 1. The molecule has 0 radical (unpaired) electrons. The summed E-state index contributed by atoms with van der Waals surface area (Å²) >= 11 is 6.39. The lowest BCUT2D eigenvalue weighted by atomic mass is 9.67. The van der Waals surface area contributed by atoms with Gasteiger partial charge in [0.15, 0.2) is 0 Å². The average Bonchev–Trinajstić information content (AvgIpc) is 3.07. The van der Waals surface area contributed by atoms with Crippen LogP contribution >= 0.6 is 11.6 Å². The largest absolute Gasteiger partial charge is 0.490 e. The number of aryl methyl sites for hydroxylation is 1. The molecular formula is C32H41ClN2O7S. The molecule has 2 aliphatic heterocycles. The molecule has 2 fully saturated rings. The average molecular weight is 633 g/mol. The standard InChI is InChI=1S/C32H41ClN2O7S/c1-20(17-43(34,38)39)42-25-10-12-40-30(15-25)26-7-4-23(26)16-35-18-32(11-2-3-21-13-24(33)6-8-27(21)32)19-41-29-9-5-22(31(36)37)14-28(29)35/h5-6,8-9,13-14,20,23,25-26,30H,2-4,7,10-12,15-19H2,1H3,(H,36,37)(H2,34,38,39)/t20?,23-,25-,26+,30-,32?/m0/s1. The van der Waals surface area contributed by atoms with Crippen molar-refractivity contribution in [3.8, 4) is 5.75 Å². The number of hydrogen-bond acceptors (Lipinski definition) is 7. The zero-order valence-corrected chi connectivity index (χ0v) is 26.1. The summed E-state index contributed by atoms with van der Waals surface area (Å²) in [5.41, 5.74) is 3.37. The fraction of sp³-hybridized carbons (Fsp3) is 0.594. The van der Waals surface area contributed by atoms with Gasteiger partial charge in [-0.15, -0.1) is 0 Å². The molecule has 11 heteroatoms. The van der Waals surface area contributed by atoms with Crippen LogP contribution in [0.5, 0.6) is 5.75 Å². The maximum Gasteiger partial charge on any atom is 0.335 e. The number of anilines is 1. The second-order valence-corrected chi connectivity index (χ2v) is 15.0. The first-order chi connectivity index (χ1) is 20.5. The van der Waals surface area contributed by atoms with Gasteiger partial charge in [0, 0.05) is 36.6 Å². The third-order valence-corrected chi connectivity index (χ3v) is 11.0. The van der Waals surface area contributed by atoms with Crippen molar-refractivity contribution in [2.75, 3.05) is 37.0 Å². The summed E-state index contributed by atoms with van der Waals surface area (Å²) in [6, 6.07) is 11.4. The smallest absolute Gasteiger partial charge is 0.335 e. The molecule has 1 saturated heterocycles. The molecule has 4 aliphatic rings. The van der Waals surface area contributed by atoms with Crippen molar-refractivity contribution in [2.45, 2.75) is 75.6 Å². The van der Waals surface area contributed by atoms with Gasteiger partial charge < -0.3 is 24.2 Å². The Morgan fingerprint density at radius 2 is 2.07 bits per heavy atom. The van der Waals surface area contributed by atoms with Crippen LogP contribution in [-0.2, 0) is 31.3 Å². The maximum atomic E-state index is 12.0. The molecule has 2 aromatic carbocycles. The van der Waals surface area contributed by atoms with Crippen molar-refractivity contribution in [1.29, 1.82) is 0 Å². The highest BCUT2D eigenvalue weighted by molar-refractivity contribution is 7.89. The molecule has 3 N–H and O–H groups in total. The van der Waals surface area contributed by atoms with Crippen LogP contribution < -0.4 is 14.8 Å². The van der Waals surface area contributed by atoms with Crippen LogP contribution in [0, 0.1) is 11.8 Å². The summed E-state index contributed by atoms with van der Waals surface area (Å²) in [6.45, 7) is 4.34. The third-order valence-electron chi connectivity index (χ3n) is 9.85. The number of nitrogens with two attached hydrogens (primary N) is 1. The van der Waals surface area contributed by atoms with Crippen molar-refractivity contribution in [3.63, 3.8) is 0 Å². The molecule has 2 heterocycles. The number of sulfonamides is 1. The Kier molecular flexibility index (Phi) is 8.69. The molecule has 1 spiro atoms. The topological polar surface area (TPSA) is 128 Å². The lowest BCUT2D eigenvalue weighted by Gasteiger charge is -2.48. The highest BCUT2D eigenvalue weighted by atomic mass is 35.5. The van der Waals surface area contributed by atoms with Gasteiger partial charge in [-0.1, -0.05) is 17.7 Å². The van der Waals surface area contributed by atoms with E-state index in [1.165, 1.54) is 11.1 Å². The van der Waals surface area contributed by atoms with Crippen LogP contribution in [0.1, 0.15) is 66.9 Å². The minimum absolute atomic E-state index is 0.0266. The Hall–Kier alpha value is -2.37. The Balaban J connectivity index is 1.24. The molecule has 9 nitrogen and oxygen atoms in total. The zero-order chi connectivity index (χ0) is 30.4. The summed E-state index contributed by atoms with van der Waals surface area (Å²) in [7, 11) is -3.61. The summed E-state index contributed by atoms with van der Waals surface area (Å²) in [6.07, 6.45) is 6.03. The predicted octanol–water partition coefficient (Wildman–Crippen LogP) is 4.78. The number of ether oxygens (including phenoxy) is 3. The summed E-state index contributed by atoms with van der Waals surface area (Å²) in [5.74, 6) is 0.246. The number of fused-ring (bicyclic) bond motifs is 3. The SMILES string of the molecule is CC(CS(N)(=O)=O)O[C@H]1CCO[C@H]([C@@H]2CC[C@H]2CN2CC3(CCCc4cc(Cl)ccc43)COc3ccc(C(=O)O)cc32)C1. The normalized spacial score (nSPS) is 29.5. The van der Waals surface area contributed by atoms with Gasteiger partial charge in [0.1, 0.15) is 5.75 Å². The first-order valence-electron chi connectivity index (χ1n) is 15.3. The molecule has 2 unspecified atom stereocenters. The van der Waals surface area contributed by atoms with Gasteiger partial charge >= 0.3 is 5.97 Å². The number of nitrogens with zero attached hydrogens (tertiary/aromatic N) is 1. The number of hydrogen-bond donors (Lipinski definition) is 2. The molecule has 2 aromatic rings. The van der Waals surface area contributed by atoms with Crippen LogP contribution in [0.2, 0.25) is 5.02 Å². The Labute approximate surface area is 258 Å². The van der Waals surface area contributed by atoms with E-state index in [0.717, 1.165) is 68.7 Å². The number of carbonyl (C=O) groups is 1. The van der Waals surface area contributed by atoms with E-state index in [1.807, 2.05) is 6.07 Å². The third kappa shape index (κ3) is 6.68. The Bertz CT molecular complexity index is 1470. The number of carboxylic acids is 1. The van der Waals surface area contributed by atoms with Gasteiger partial charge in [0.05, 0.1) is 41.9 Å². The van der Waals surface area contributed by atoms with Crippen molar-refractivity contribution in [3.05, 3.63) is 58.1 Å². The van der Waals surface area contributed by atoms with Crippen LogP contribution in [0.3, 0.4) is 0 Å². The van der Waals surface area contributed by atoms with Gasteiger partial charge in [-0.05, 0) is 98.7 Å².